The van der Waals surface area contributed by atoms with E-state index in [4.69, 9.17) is 5.73 Å². The summed E-state index contributed by atoms with van der Waals surface area (Å²) in [7, 11) is 1.30. The Bertz CT molecular complexity index is 602. The highest BCUT2D eigenvalue weighted by Crippen LogP contribution is 2.28. The van der Waals surface area contributed by atoms with Gasteiger partial charge in [-0.25, -0.2) is 4.79 Å². The van der Waals surface area contributed by atoms with Crippen LogP contribution in [0.1, 0.15) is 5.56 Å². The summed E-state index contributed by atoms with van der Waals surface area (Å²) >= 11 is 3.46. The summed E-state index contributed by atoms with van der Waals surface area (Å²) in [6.07, 6.45) is 3.39. The summed E-state index contributed by atoms with van der Waals surface area (Å²) in [4.78, 5) is 14.3. The van der Waals surface area contributed by atoms with Crippen LogP contribution in [0.2, 0.25) is 0 Å². The average Bonchev–Trinajstić information content (AvgIpc) is 2.72. The van der Waals surface area contributed by atoms with E-state index >= 15 is 0 Å². The van der Waals surface area contributed by atoms with Crippen LogP contribution in [0.4, 0.5) is 0 Å². The highest BCUT2D eigenvalue weighted by Gasteiger charge is 2.08. The molecule has 1 heterocycles. The maximum absolute atomic E-state index is 11.2. The number of H-pyrrole nitrogens is 1. The Morgan fingerprint density at radius 3 is 3.00 bits per heavy atom. The number of carbonyl (C=O) groups excluding carboxylic acids is 1. The van der Waals surface area contributed by atoms with Crippen molar-refractivity contribution in [3.63, 3.8) is 0 Å². The molecule has 0 unspecified atom stereocenters. The fourth-order valence-corrected chi connectivity index (χ4v) is 2.22. The van der Waals surface area contributed by atoms with Crippen molar-refractivity contribution in [2.24, 2.45) is 5.73 Å². The molecule has 2 rings (SSSR count). The predicted octanol–water partition coefficient (Wildman–Crippen LogP) is 2.40. The largest absolute Gasteiger partial charge is 0.464 e. The van der Waals surface area contributed by atoms with Gasteiger partial charge in [-0.2, -0.15) is 0 Å². The minimum atomic E-state index is -0.536. The van der Waals surface area contributed by atoms with Crippen molar-refractivity contribution in [2.75, 3.05) is 7.11 Å². The van der Waals surface area contributed by atoms with Crippen molar-refractivity contribution in [1.82, 2.24) is 4.98 Å². The van der Waals surface area contributed by atoms with Gasteiger partial charge in [0.25, 0.3) is 0 Å². The first-order chi connectivity index (χ1) is 8.13. The Hall–Kier alpha value is -1.75. The van der Waals surface area contributed by atoms with Gasteiger partial charge >= 0.3 is 5.97 Å². The molecule has 0 atom stereocenters. The Labute approximate surface area is 107 Å². The quantitative estimate of drug-likeness (QED) is 0.660. The monoisotopic (exact) mass is 294 g/mol. The number of methoxy groups -OCH3 is 1. The van der Waals surface area contributed by atoms with E-state index in [9.17, 15) is 4.79 Å². The van der Waals surface area contributed by atoms with E-state index in [1.54, 1.807) is 12.3 Å². The smallest absolute Gasteiger partial charge is 0.353 e. The third-order valence-electron chi connectivity index (χ3n) is 2.42. The van der Waals surface area contributed by atoms with Crippen LogP contribution in [0.5, 0.6) is 0 Å². The van der Waals surface area contributed by atoms with Gasteiger partial charge in [0.2, 0.25) is 0 Å². The molecule has 0 fully saturated rings. The van der Waals surface area contributed by atoms with E-state index in [2.05, 4.69) is 25.7 Å². The lowest BCUT2D eigenvalue weighted by molar-refractivity contribution is -0.136. The van der Waals surface area contributed by atoms with Crippen LogP contribution < -0.4 is 5.73 Å². The summed E-state index contributed by atoms with van der Waals surface area (Å²) in [5.74, 6) is -0.536. The van der Waals surface area contributed by atoms with Crippen molar-refractivity contribution in [3.8, 4) is 0 Å². The van der Waals surface area contributed by atoms with Gasteiger partial charge in [-0.05, 0) is 18.2 Å². The molecule has 0 aliphatic rings. The van der Waals surface area contributed by atoms with Crippen LogP contribution in [0, 0.1) is 0 Å². The number of fused-ring (bicyclic) bond motifs is 1. The molecule has 3 N–H and O–H groups in total. The molecule has 0 amide bonds. The fraction of sp³-hybridized carbons (Fsp3) is 0.0833. The minimum absolute atomic E-state index is 0.0733. The van der Waals surface area contributed by atoms with E-state index in [-0.39, 0.29) is 5.70 Å². The molecule has 0 spiro atoms. The average molecular weight is 295 g/mol. The van der Waals surface area contributed by atoms with E-state index in [0.717, 1.165) is 20.9 Å². The first-order valence-electron chi connectivity index (χ1n) is 4.94. The van der Waals surface area contributed by atoms with Crippen molar-refractivity contribution in [3.05, 3.63) is 40.1 Å². The number of aromatic amines is 1. The summed E-state index contributed by atoms with van der Waals surface area (Å²) in [5.41, 5.74) is 7.51. The van der Waals surface area contributed by atoms with Gasteiger partial charge in [0, 0.05) is 27.1 Å². The number of aromatic nitrogens is 1. The second kappa shape index (κ2) is 4.63. The summed E-state index contributed by atoms with van der Waals surface area (Å²) in [6.45, 7) is 0. The molecule has 0 radical (unpaired) electrons. The Kier molecular flexibility index (Phi) is 3.19. The Balaban J connectivity index is 2.54. The van der Waals surface area contributed by atoms with Gasteiger partial charge in [0.15, 0.2) is 0 Å². The third kappa shape index (κ3) is 2.19. The number of nitrogens with one attached hydrogen (secondary N) is 1. The second-order valence-corrected chi connectivity index (χ2v) is 4.35. The van der Waals surface area contributed by atoms with Crippen LogP contribution in [-0.2, 0) is 9.53 Å². The molecular formula is C12H11BrN2O2. The van der Waals surface area contributed by atoms with Crippen LogP contribution in [0.3, 0.4) is 0 Å². The molecule has 1 aromatic heterocycles. The molecule has 17 heavy (non-hydrogen) atoms. The van der Waals surface area contributed by atoms with E-state index in [1.807, 2.05) is 18.2 Å². The molecule has 1 aromatic carbocycles. The second-order valence-electron chi connectivity index (χ2n) is 3.50. The van der Waals surface area contributed by atoms with Crippen LogP contribution in [0.25, 0.3) is 17.0 Å². The van der Waals surface area contributed by atoms with Gasteiger partial charge in [-0.1, -0.05) is 22.0 Å². The lowest BCUT2D eigenvalue weighted by atomic mass is 10.1. The minimum Gasteiger partial charge on any atom is -0.464 e. The maximum atomic E-state index is 11.2. The van der Waals surface area contributed by atoms with Crippen LogP contribution in [-0.4, -0.2) is 18.1 Å². The van der Waals surface area contributed by atoms with E-state index in [1.165, 1.54) is 7.11 Å². The van der Waals surface area contributed by atoms with E-state index < -0.39 is 5.97 Å². The number of carbonyl (C=O) groups is 1. The number of nitrogens with two attached hydrogens (primary N) is 1. The highest BCUT2D eigenvalue weighted by atomic mass is 79.9. The molecule has 0 aliphatic carbocycles. The molecule has 4 nitrogen and oxygen atoms in total. The number of ether oxygens (including phenoxy) is 1. The molecule has 0 aliphatic heterocycles. The zero-order chi connectivity index (χ0) is 12.4. The standard InChI is InChI=1S/C12H11BrN2O2/c1-17-12(16)9(14)5-7-6-15-10-4-2-3-8(13)11(7)10/h2-6,15H,14H2,1H3/b9-5-. The first-order valence-corrected chi connectivity index (χ1v) is 5.74. The molecular weight excluding hydrogens is 284 g/mol. The maximum Gasteiger partial charge on any atom is 0.353 e. The predicted molar refractivity (Wildman–Crippen MR) is 70.2 cm³/mol. The SMILES string of the molecule is COC(=O)/C(N)=C/c1c[nH]c2cccc(Br)c12. The van der Waals surface area contributed by atoms with Crippen molar-refractivity contribution >= 4 is 38.9 Å². The lowest BCUT2D eigenvalue weighted by Gasteiger charge is -1.99. The topological polar surface area (TPSA) is 68.1 Å². The molecule has 0 bridgehead atoms. The molecule has 2 aromatic rings. The number of rotatable bonds is 2. The summed E-state index contributed by atoms with van der Waals surface area (Å²) in [6, 6.07) is 5.81. The normalized spacial score (nSPS) is 11.8. The van der Waals surface area contributed by atoms with Crippen molar-refractivity contribution in [2.45, 2.75) is 0 Å². The molecule has 0 saturated carbocycles. The number of esters is 1. The lowest BCUT2D eigenvalue weighted by Crippen LogP contribution is -2.12. The van der Waals surface area contributed by atoms with Crippen LogP contribution >= 0.6 is 15.9 Å². The van der Waals surface area contributed by atoms with E-state index in [0.29, 0.717) is 0 Å². The molecule has 88 valence electrons. The zero-order valence-corrected chi connectivity index (χ0v) is 10.7. The molecule has 0 saturated heterocycles. The van der Waals surface area contributed by atoms with Gasteiger partial charge in [-0.15, -0.1) is 0 Å². The number of hydrogen-bond donors (Lipinski definition) is 2. The highest BCUT2D eigenvalue weighted by molar-refractivity contribution is 9.10. The summed E-state index contributed by atoms with van der Waals surface area (Å²) in [5, 5.41) is 0.986. The van der Waals surface area contributed by atoms with Gasteiger partial charge < -0.3 is 15.5 Å². The first kappa shape index (κ1) is 11.7. The van der Waals surface area contributed by atoms with Gasteiger partial charge in [0.05, 0.1) is 7.11 Å². The van der Waals surface area contributed by atoms with Crippen LogP contribution in [0.15, 0.2) is 34.6 Å². The number of hydrogen-bond acceptors (Lipinski definition) is 3. The van der Waals surface area contributed by atoms with Gasteiger partial charge in [0.1, 0.15) is 5.70 Å². The fourth-order valence-electron chi connectivity index (χ4n) is 1.62. The molecule has 5 heteroatoms. The van der Waals surface area contributed by atoms with Gasteiger partial charge in [-0.3, -0.25) is 0 Å². The Morgan fingerprint density at radius 1 is 1.53 bits per heavy atom. The number of halogens is 1. The summed E-state index contributed by atoms with van der Waals surface area (Å²) < 4.78 is 5.49. The van der Waals surface area contributed by atoms with Crippen molar-refractivity contribution in [1.29, 1.82) is 0 Å². The zero-order valence-electron chi connectivity index (χ0n) is 9.16. The Morgan fingerprint density at radius 2 is 2.29 bits per heavy atom. The van der Waals surface area contributed by atoms with Crippen molar-refractivity contribution < 1.29 is 9.53 Å². The number of benzene rings is 1. The third-order valence-corrected chi connectivity index (χ3v) is 3.08.